The summed E-state index contributed by atoms with van der Waals surface area (Å²) in [5.41, 5.74) is 0. The number of hydrogen-bond donors (Lipinski definition) is 2. The van der Waals surface area contributed by atoms with Gasteiger partial charge in [0, 0.05) is 18.5 Å². The van der Waals surface area contributed by atoms with E-state index in [-0.39, 0.29) is 18.0 Å². The van der Waals surface area contributed by atoms with Gasteiger partial charge in [-0.15, -0.1) is 0 Å². The fourth-order valence-corrected chi connectivity index (χ4v) is 2.95. The summed E-state index contributed by atoms with van der Waals surface area (Å²) in [5.74, 6) is 0.506. The Labute approximate surface area is 89.7 Å². The summed E-state index contributed by atoms with van der Waals surface area (Å²) >= 11 is 0. The zero-order valence-electron chi connectivity index (χ0n) is 8.69. The van der Waals surface area contributed by atoms with Crippen LogP contribution in [0.4, 0.5) is 0 Å². The normalized spacial score (nSPS) is 32.5. The second-order valence-electron chi connectivity index (χ2n) is 4.47. The van der Waals surface area contributed by atoms with Crippen LogP contribution in [-0.2, 0) is 14.8 Å². The summed E-state index contributed by atoms with van der Waals surface area (Å²) in [7, 11) is -3.18. The van der Waals surface area contributed by atoms with Crippen molar-refractivity contribution in [1.29, 1.82) is 0 Å². The lowest BCUT2D eigenvalue weighted by atomic mass is 9.95. The molecule has 0 radical (unpaired) electrons. The lowest BCUT2D eigenvalue weighted by Crippen LogP contribution is -2.56. The van der Waals surface area contributed by atoms with E-state index in [0.717, 1.165) is 19.1 Å². The molecule has 6 heteroatoms. The summed E-state index contributed by atoms with van der Waals surface area (Å²) in [6.45, 7) is 0. The number of carbonyl (C=O) groups is 1. The van der Waals surface area contributed by atoms with Crippen molar-refractivity contribution in [2.24, 2.45) is 5.92 Å². The third-order valence-corrected chi connectivity index (χ3v) is 3.67. The van der Waals surface area contributed by atoms with Gasteiger partial charge >= 0.3 is 0 Å². The molecule has 2 aliphatic rings. The van der Waals surface area contributed by atoms with Crippen molar-refractivity contribution in [2.75, 3.05) is 6.26 Å². The summed E-state index contributed by atoms with van der Waals surface area (Å²) in [5, 5.41) is 2.89. The van der Waals surface area contributed by atoms with E-state index in [9.17, 15) is 13.2 Å². The molecule has 1 amide bonds. The number of rotatable bonds is 3. The van der Waals surface area contributed by atoms with Crippen molar-refractivity contribution in [1.82, 2.24) is 10.0 Å². The smallest absolute Gasteiger partial charge is 0.220 e. The van der Waals surface area contributed by atoms with E-state index in [2.05, 4.69) is 10.0 Å². The molecule has 2 atom stereocenters. The third kappa shape index (κ3) is 2.92. The van der Waals surface area contributed by atoms with E-state index in [1.54, 1.807) is 0 Å². The van der Waals surface area contributed by atoms with E-state index in [1.165, 1.54) is 0 Å². The molecule has 2 unspecified atom stereocenters. The number of nitrogens with one attached hydrogen (secondary N) is 2. The van der Waals surface area contributed by atoms with Crippen molar-refractivity contribution in [2.45, 2.75) is 37.8 Å². The second-order valence-corrected chi connectivity index (χ2v) is 6.25. The van der Waals surface area contributed by atoms with Crippen LogP contribution in [0.15, 0.2) is 0 Å². The SMILES string of the molecule is CS(=O)(=O)NC1CCC(=O)NC1C1CC1. The molecule has 2 fully saturated rings. The Kier molecular flexibility index (Phi) is 2.72. The van der Waals surface area contributed by atoms with Gasteiger partial charge in [-0.2, -0.15) is 0 Å². The number of sulfonamides is 1. The molecule has 0 aromatic carbocycles. The molecule has 0 bridgehead atoms. The highest BCUT2D eigenvalue weighted by Gasteiger charge is 2.40. The molecule has 1 aliphatic carbocycles. The Morgan fingerprint density at radius 3 is 2.53 bits per heavy atom. The van der Waals surface area contributed by atoms with Crippen LogP contribution in [-0.4, -0.2) is 32.7 Å². The molecular formula is C9H16N2O3S. The monoisotopic (exact) mass is 232 g/mol. The molecule has 0 aromatic heterocycles. The van der Waals surface area contributed by atoms with Crippen molar-refractivity contribution in [3.05, 3.63) is 0 Å². The van der Waals surface area contributed by atoms with Gasteiger partial charge in [0.15, 0.2) is 0 Å². The Bertz CT molecular complexity index is 362. The minimum absolute atomic E-state index is 0.000903. The molecule has 0 spiro atoms. The number of amides is 1. The minimum atomic E-state index is -3.18. The van der Waals surface area contributed by atoms with Crippen LogP contribution in [0, 0.1) is 5.92 Å². The third-order valence-electron chi connectivity index (χ3n) is 2.94. The van der Waals surface area contributed by atoms with Crippen molar-refractivity contribution >= 4 is 15.9 Å². The predicted molar refractivity (Wildman–Crippen MR) is 55.7 cm³/mol. The maximum absolute atomic E-state index is 11.2. The van der Waals surface area contributed by atoms with E-state index < -0.39 is 10.0 Å². The zero-order valence-corrected chi connectivity index (χ0v) is 9.51. The maximum atomic E-state index is 11.2. The standard InChI is InChI=1S/C9H16N2O3S/c1-15(13,14)11-7-4-5-8(12)10-9(7)6-2-3-6/h6-7,9,11H,2-5H2,1H3,(H,10,12). The summed E-state index contributed by atoms with van der Waals surface area (Å²) in [4.78, 5) is 11.2. The van der Waals surface area contributed by atoms with Gasteiger partial charge in [-0.05, 0) is 25.2 Å². The molecule has 1 saturated carbocycles. The predicted octanol–water partition coefficient (Wildman–Crippen LogP) is -0.407. The molecule has 2 rings (SSSR count). The highest BCUT2D eigenvalue weighted by Crippen LogP contribution is 2.36. The topological polar surface area (TPSA) is 75.3 Å². The second kappa shape index (κ2) is 3.75. The molecule has 1 heterocycles. The van der Waals surface area contributed by atoms with Gasteiger partial charge in [-0.25, -0.2) is 13.1 Å². The quantitative estimate of drug-likeness (QED) is 0.695. The lowest BCUT2D eigenvalue weighted by molar-refractivity contribution is -0.123. The Morgan fingerprint density at radius 2 is 2.00 bits per heavy atom. The van der Waals surface area contributed by atoms with Gasteiger partial charge in [0.25, 0.3) is 0 Å². The first-order valence-electron chi connectivity index (χ1n) is 5.22. The van der Waals surface area contributed by atoms with Gasteiger partial charge in [-0.1, -0.05) is 0 Å². The van der Waals surface area contributed by atoms with Crippen molar-refractivity contribution in [3.63, 3.8) is 0 Å². The van der Waals surface area contributed by atoms with Gasteiger partial charge in [-0.3, -0.25) is 4.79 Å². The molecule has 86 valence electrons. The molecule has 5 nitrogen and oxygen atoms in total. The Hall–Kier alpha value is -0.620. The largest absolute Gasteiger partial charge is 0.351 e. The molecular weight excluding hydrogens is 216 g/mol. The number of carbonyl (C=O) groups excluding carboxylic acids is 1. The van der Waals surface area contributed by atoms with Crippen LogP contribution in [0.2, 0.25) is 0 Å². The van der Waals surface area contributed by atoms with Gasteiger partial charge < -0.3 is 5.32 Å². The van der Waals surface area contributed by atoms with Crippen molar-refractivity contribution < 1.29 is 13.2 Å². The fourth-order valence-electron chi connectivity index (χ4n) is 2.13. The van der Waals surface area contributed by atoms with Crippen LogP contribution in [0.5, 0.6) is 0 Å². The zero-order chi connectivity index (χ0) is 11.1. The van der Waals surface area contributed by atoms with Crippen LogP contribution < -0.4 is 10.0 Å². The minimum Gasteiger partial charge on any atom is -0.351 e. The first-order chi connectivity index (χ1) is 6.96. The Balaban J connectivity index is 2.04. The highest BCUT2D eigenvalue weighted by atomic mass is 32.2. The fraction of sp³-hybridized carbons (Fsp3) is 0.889. The summed E-state index contributed by atoms with van der Waals surface area (Å²) in [6.07, 6.45) is 4.36. The molecule has 2 N–H and O–H groups in total. The van der Waals surface area contributed by atoms with Gasteiger partial charge in [0.05, 0.1) is 6.26 Å². The molecule has 0 aromatic rings. The van der Waals surface area contributed by atoms with Crippen molar-refractivity contribution in [3.8, 4) is 0 Å². The number of hydrogen-bond acceptors (Lipinski definition) is 3. The number of piperidine rings is 1. The van der Waals surface area contributed by atoms with Crippen LogP contribution >= 0.6 is 0 Å². The summed E-state index contributed by atoms with van der Waals surface area (Å²) in [6, 6.07) is -0.119. The van der Waals surface area contributed by atoms with Gasteiger partial charge in [0.2, 0.25) is 15.9 Å². The Morgan fingerprint density at radius 1 is 1.33 bits per heavy atom. The molecule has 1 saturated heterocycles. The molecule has 1 aliphatic heterocycles. The maximum Gasteiger partial charge on any atom is 0.220 e. The summed E-state index contributed by atoms with van der Waals surface area (Å²) < 4.78 is 24.9. The van der Waals surface area contributed by atoms with E-state index >= 15 is 0 Å². The first kappa shape index (κ1) is 10.9. The van der Waals surface area contributed by atoms with Crippen LogP contribution in [0.25, 0.3) is 0 Å². The van der Waals surface area contributed by atoms with E-state index in [0.29, 0.717) is 18.8 Å². The van der Waals surface area contributed by atoms with Gasteiger partial charge in [0.1, 0.15) is 0 Å². The first-order valence-corrected chi connectivity index (χ1v) is 7.11. The average molecular weight is 232 g/mol. The lowest BCUT2D eigenvalue weighted by Gasteiger charge is -2.32. The van der Waals surface area contributed by atoms with Crippen LogP contribution in [0.1, 0.15) is 25.7 Å². The average Bonchev–Trinajstić information content (AvgIpc) is 2.88. The highest BCUT2D eigenvalue weighted by molar-refractivity contribution is 7.88. The van der Waals surface area contributed by atoms with E-state index in [1.807, 2.05) is 0 Å². The van der Waals surface area contributed by atoms with Crippen LogP contribution in [0.3, 0.4) is 0 Å². The van der Waals surface area contributed by atoms with E-state index in [4.69, 9.17) is 0 Å². The molecule has 15 heavy (non-hydrogen) atoms.